The number of carboxylic acids is 1. The van der Waals surface area contributed by atoms with Crippen LogP contribution in [0.5, 0.6) is 10.9 Å². The van der Waals surface area contributed by atoms with Gasteiger partial charge in [0.25, 0.3) is 5.19 Å². The zero-order valence-corrected chi connectivity index (χ0v) is 16.6. The molecule has 3 aromatic rings. The van der Waals surface area contributed by atoms with Crippen molar-refractivity contribution in [2.45, 2.75) is 13.0 Å². The molecule has 0 saturated carbocycles. The molecule has 1 saturated heterocycles. The average Bonchev–Trinajstić information content (AvgIpc) is 3.17. The molecule has 4 rings (SSSR count). The van der Waals surface area contributed by atoms with Gasteiger partial charge in [0.1, 0.15) is 5.75 Å². The van der Waals surface area contributed by atoms with Crippen molar-refractivity contribution in [3.8, 4) is 10.9 Å². The highest BCUT2D eigenvalue weighted by Crippen LogP contribution is 2.29. The Labute approximate surface area is 172 Å². The molecule has 1 fully saturated rings. The minimum atomic E-state index is -0.958. The predicted octanol–water partition coefficient (Wildman–Crippen LogP) is 3.45. The maximum absolute atomic E-state index is 11.4. The second-order valence-corrected chi connectivity index (χ2v) is 7.47. The Balaban J connectivity index is 1.52. The smallest absolute Gasteiger partial charge is 0.335 e. The minimum absolute atomic E-state index is 0.239. The van der Waals surface area contributed by atoms with Crippen molar-refractivity contribution < 1.29 is 19.4 Å². The van der Waals surface area contributed by atoms with Crippen LogP contribution < -0.4 is 4.74 Å². The molecule has 1 aliphatic heterocycles. The van der Waals surface area contributed by atoms with E-state index >= 15 is 0 Å². The molecule has 0 aliphatic carbocycles. The first-order valence-corrected chi connectivity index (χ1v) is 10.2. The summed E-state index contributed by atoms with van der Waals surface area (Å²) >= 11 is 1.20. The predicted molar refractivity (Wildman–Crippen MR) is 109 cm³/mol. The number of nitrogens with zero attached hydrogens (tertiary/aromatic N) is 3. The van der Waals surface area contributed by atoms with Gasteiger partial charge in [-0.05, 0) is 23.8 Å². The van der Waals surface area contributed by atoms with Gasteiger partial charge in [0.15, 0.2) is 5.82 Å². The number of aromatic nitrogens is 2. The fraction of sp³-hybridized carbons (Fsp3) is 0.286. The molecular formula is C21H21N3O4S. The summed E-state index contributed by atoms with van der Waals surface area (Å²) in [6.45, 7) is 3.55. The Morgan fingerprint density at radius 3 is 2.72 bits per heavy atom. The number of ether oxygens (including phenoxy) is 2. The van der Waals surface area contributed by atoms with Gasteiger partial charge in [-0.15, -0.1) is 0 Å². The topological polar surface area (TPSA) is 84.8 Å². The lowest BCUT2D eigenvalue weighted by Crippen LogP contribution is -2.35. The lowest BCUT2D eigenvalue weighted by atomic mass is 10.1. The molecule has 150 valence electrons. The number of aromatic carboxylic acids is 1. The monoisotopic (exact) mass is 411 g/mol. The zero-order chi connectivity index (χ0) is 20.1. The van der Waals surface area contributed by atoms with E-state index in [0.717, 1.165) is 24.2 Å². The molecule has 1 aromatic heterocycles. The van der Waals surface area contributed by atoms with Gasteiger partial charge in [-0.3, -0.25) is 4.90 Å². The van der Waals surface area contributed by atoms with Gasteiger partial charge in [-0.25, -0.2) is 4.79 Å². The summed E-state index contributed by atoms with van der Waals surface area (Å²) in [5, 5.41) is 9.79. The molecule has 7 nitrogen and oxygen atoms in total. The minimum Gasteiger partial charge on any atom is -0.478 e. The summed E-state index contributed by atoms with van der Waals surface area (Å²) < 4.78 is 15.8. The van der Waals surface area contributed by atoms with E-state index in [0.29, 0.717) is 42.9 Å². The van der Waals surface area contributed by atoms with Crippen molar-refractivity contribution in [3.05, 3.63) is 71.0 Å². The number of carbonyl (C=O) groups is 1. The van der Waals surface area contributed by atoms with Gasteiger partial charge in [0.05, 0.1) is 18.8 Å². The van der Waals surface area contributed by atoms with Gasteiger partial charge in [-0.1, -0.05) is 30.3 Å². The highest BCUT2D eigenvalue weighted by Gasteiger charge is 2.17. The van der Waals surface area contributed by atoms with Crippen LogP contribution in [0, 0.1) is 0 Å². The van der Waals surface area contributed by atoms with Crippen molar-refractivity contribution in [2.24, 2.45) is 0 Å². The Morgan fingerprint density at radius 2 is 1.97 bits per heavy atom. The Kier molecular flexibility index (Phi) is 6.14. The second-order valence-electron chi connectivity index (χ2n) is 6.76. The fourth-order valence-electron chi connectivity index (χ4n) is 3.16. The lowest BCUT2D eigenvalue weighted by Gasteiger charge is -2.27. The number of carboxylic acid groups (broad SMARTS) is 1. The van der Waals surface area contributed by atoms with Crippen LogP contribution in [0.1, 0.15) is 27.3 Å². The van der Waals surface area contributed by atoms with Gasteiger partial charge in [0.2, 0.25) is 0 Å². The maximum Gasteiger partial charge on any atom is 0.335 e. The van der Waals surface area contributed by atoms with Crippen LogP contribution in [-0.4, -0.2) is 51.6 Å². The molecule has 0 unspecified atom stereocenters. The Bertz CT molecular complexity index is 971. The Morgan fingerprint density at radius 1 is 1.17 bits per heavy atom. The van der Waals surface area contributed by atoms with Gasteiger partial charge in [-0.2, -0.15) is 9.36 Å². The molecule has 0 amide bonds. The lowest BCUT2D eigenvalue weighted by molar-refractivity contribution is 0.0339. The number of hydrogen-bond donors (Lipinski definition) is 1. The van der Waals surface area contributed by atoms with Crippen LogP contribution in [-0.2, 0) is 17.7 Å². The van der Waals surface area contributed by atoms with Crippen molar-refractivity contribution in [3.63, 3.8) is 0 Å². The molecule has 1 aliphatic rings. The first-order chi connectivity index (χ1) is 14.2. The summed E-state index contributed by atoms with van der Waals surface area (Å²) in [5.41, 5.74) is 2.19. The van der Waals surface area contributed by atoms with Crippen molar-refractivity contribution >= 4 is 17.5 Å². The van der Waals surface area contributed by atoms with Crippen LogP contribution in [0.25, 0.3) is 0 Å². The van der Waals surface area contributed by atoms with Crippen LogP contribution in [0.2, 0.25) is 0 Å². The van der Waals surface area contributed by atoms with Crippen LogP contribution in [0.15, 0.2) is 48.5 Å². The first-order valence-electron chi connectivity index (χ1n) is 9.38. The average molecular weight is 411 g/mol. The molecular weight excluding hydrogens is 390 g/mol. The third-order valence-electron chi connectivity index (χ3n) is 4.66. The number of morpholine rings is 1. The molecule has 0 atom stereocenters. The van der Waals surface area contributed by atoms with E-state index in [4.69, 9.17) is 9.47 Å². The molecule has 0 radical (unpaired) electrons. The van der Waals surface area contributed by atoms with Gasteiger partial charge >= 0.3 is 5.97 Å². The summed E-state index contributed by atoms with van der Waals surface area (Å²) in [6, 6.07) is 14.9. The second kappa shape index (κ2) is 9.13. The van der Waals surface area contributed by atoms with Crippen LogP contribution in [0.3, 0.4) is 0 Å². The van der Waals surface area contributed by atoms with Crippen LogP contribution in [0.4, 0.5) is 0 Å². The summed E-state index contributed by atoms with van der Waals surface area (Å²) in [4.78, 5) is 18.1. The summed E-state index contributed by atoms with van der Waals surface area (Å²) in [7, 11) is 0. The van der Waals surface area contributed by atoms with E-state index in [1.54, 1.807) is 18.2 Å². The third kappa shape index (κ3) is 5.17. The highest BCUT2D eigenvalue weighted by molar-refractivity contribution is 7.07. The van der Waals surface area contributed by atoms with E-state index in [2.05, 4.69) is 14.3 Å². The van der Waals surface area contributed by atoms with Crippen LogP contribution >= 0.6 is 11.5 Å². The maximum atomic E-state index is 11.4. The fourth-order valence-corrected chi connectivity index (χ4v) is 3.72. The van der Waals surface area contributed by atoms with Gasteiger partial charge < -0.3 is 14.6 Å². The molecule has 2 aromatic carbocycles. The largest absolute Gasteiger partial charge is 0.478 e. The molecule has 29 heavy (non-hydrogen) atoms. The first kappa shape index (κ1) is 19.5. The molecule has 0 bridgehead atoms. The number of hydrogen-bond acceptors (Lipinski definition) is 7. The van der Waals surface area contributed by atoms with E-state index in [1.807, 2.05) is 30.3 Å². The molecule has 8 heteroatoms. The molecule has 2 heterocycles. The summed E-state index contributed by atoms with van der Waals surface area (Å²) in [5.74, 6) is 0.345. The normalized spacial score (nSPS) is 14.6. The van der Waals surface area contributed by atoms with Crippen molar-refractivity contribution in [1.29, 1.82) is 0 Å². The third-order valence-corrected chi connectivity index (χ3v) is 5.29. The van der Waals surface area contributed by atoms with Crippen molar-refractivity contribution in [2.75, 3.05) is 26.3 Å². The quantitative estimate of drug-likeness (QED) is 0.637. The van der Waals surface area contributed by atoms with Crippen molar-refractivity contribution in [1.82, 2.24) is 14.3 Å². The number of benzene rings is 2. The van der Waals surface area contributed by atoms with E-state index in [9.17, 15) is 9.90 Å². The Hall–Kier alpha value is -2.81. The van der Waals surface area contributed by atoms with Gasteiger partial charge in [0, 0.05) is 43.2 Å². The highest BCUT2D eigenvalue weighted by atomic mass is 32.1. The van der Waals surface area contributed by atoms with E-state index in [-0.39, 0.29) is 5.56 Å². The molecule has 1 N–H and O–H groups in total. The zero-order valence-electron chi connectivity index (χ0n) is 15.8. The standard InChI is InChI=1S/C21H21N3O4S/c25-20(26)16-6-7-18(17(13-16)14-24-8-10-27-11-9-24)28-21-22-19(23-29-21)12-15-4-2-1-3-5-15/h1-7,13H,8-12,14H2,(H,25,26). The molecule has 0 spiro atoms. The van der Waals surface area contributed by atoms with E-state index in [1.165, 1.54) is 11.5 Å². The number of rotatable bonds is 7. The SMILES string of the molecule is O=C(O)c1ccc(Oc2nc(Cc3ccccc3)ns2)c(CN2CCOCC2)c1. The summed E-state index contributed by atoms with van der Waals surface area (Å²) in [6.07, 6.45) is 0.638. The van der Waals surface area contributed by atoms with E-state index < -0.39 is 5.97 Å².